The number of carbonyl (C=O) groups excluding carboxylic acids is 1. The van der Waals surface area contributed by atoms with Gasteiger partial charge in [0.25, 0.3) is 17.3 Å². The van der Waals surface area contributed by atoms with Crippen LogP contribution in [0.15, 0.2) is 18.2 Å². The third kappa shape index (κ3) is 4.41. The van der Waals surface area contributed by atoms with E-state index in [-0.39, 0.29) is 11.0 Å². The molecule has 0 radical (unpaired) electrons. The maximum Gasteiger partial charge on any atom is 0.277 e. The fourth-order valence-electron chi connectivity index (χ4n) is 3.86. The molecule has 1 heterocycles. The topological polar surface area (TPSA) is 139 Å². The van der Waals surface area contributed by atoms with Gasteiger partial charge in [0.1, 0.15) is 11.1 Å². The molecular formula is C21H22N4O5S. The van der Waals surface area contributed by atoms with E-state index in [9.17, 15) is 30.3 Å². The molecule has 3 rings (SSSR count). The molecule has 0 fully saturated rings. The average molecular weight is 442 g/mol. The van der Waals surface area contributed by atoms with Crippen molar-refractivity contribution >= 4 is 33.6 Å². The summed E-state index contributed by atoms with van der Waals surface area (Å²) in [5.41, 5.74) is 0.211. The van der Waals surface area contributed by atoms with E-state index < -0.39 is 27.1 Å². The first-order chi connectivity index (χ1) is 14.6. The highest BCUT2D eigenvalue weighted by atomic mass is 32.1. The highest BCUT2D eigenvalue weighted by Gasteiger charge is 2.34. The number of nitrogens with one attached hydrogen (secondary N) is 1. The Hall–Kier alpha value is -3.32. The minimum atomic E-state index is -0.788. The van der Waals surface area contributed by atoms with Crippen molar-refractivity contribution in [3.8, 4) is 6.07 Å². The number of benzene rings is 1. The SMILES string of the molecule is CCC(C)(C)C1CCc2c(sc(NC(=O)c3cc([N+](=O)[O-])cc([N+](=O)[O-])c3)c2C#N)C1. The molecule has 1 aliphatic rings. The Morgan fingerprint density at radius 2 is 1.87 bits per heavy atom. The van der Waals surface area contributed by atoms with Gasteiger partial charge >= 0.3 is 0 Å². The Morgan fingerprint density at radius 3 is 2.39 bits per heavy atom. The summed E-state index contributed by atoms with van der Waals surface area (Å²) in [6.45, 7) is 6.63. The summed E-state index contributed by atoms with van der Waals surface area (Å²) in [6, 6.07) is 4.94. The summed E-state index contributed by atoms with van der Waals surface area (Å²) in [4.78, 5) is 34.4. The lowest BCUT2D eigenvalue weighted by Gasteiger charge is -2.36. The number of non-ortho nitro benzene ring substituents is 2. The Kier molecular flexibility index (Phi) is 6.08. The second kappa shape index (κ2) is 8.43. The summed E-state index contributed by atoms with van der Waals surface area (Å²) < 4.78 is 0. The van der Waals surface area contributed by atoms with E-state index in [0.717, 1.165) is 54.3 Å². The third-order valence-electron chi connectivity index (χ3n) is 6.21. The van der Waals surface area contributed by atoms with Crippen LogP contribution < -0.4 is 5.32 Å². The number of fused-ring (bicyclic) bond motifs is 1. The van der Waals surface area contributed by atoms with Crippen molar-refractivity contribution in [1.29, 1.82) is 5.26 Å². The van der Waals surface area contributed by atoms with Crippen molar-refractivity contribution in [2.45, 2.75) is 46.5 Å². The van der Waals surface area contributed by atoms with Gasteiger partial charge in [0.15, 0.2) is 0 Å². The summed E-state index contributed by atoms with van der Waals surface area (Å²) in [7, 11) is 0. The van der Waals surface area contributed by atoms with E-state index in [0.29, 0.717) is 16.5 Å². The standard InChI is InChI=1S/C21H22N4O5S/c1-4-21(2,3)13-5-6-16-17(11-22)20(31-18(16)9-13)23-19(26)12-7-14(24(27)28)10-15(8-12)25(29)30/h7-8,10,13H,4-6,9H2,1-3H3,(H,23,26). The fourth-order valence-corrected chi connectivity index (χ4v) is 5.13. The van der Waals surface area contributed by atoms with Gasteiger partial charge in [-0.2, -0.15) is 5.26 Å². The molecule has 31 heavy (non-hydrogen) atoms. The van der Waals surface area contributed by atoms with Gasteiger partial charge in [-0.25, -0.2) is 0 Å². The van der Waals surface area contributed by atoms with Crippen molar-refractivity contribution in [3.63, 3.8) is 0 Å². The summed E-state index contributed by atoms with van der Waals surface area (Å²) in [5, 5.41) is 34.9. The molecule has 1 amide bonds. The minimum Gasteiger partial charge on any atom is -0.312 e. The van der Waals surface area contributed by atoms with Crippen LogP contribution in [-0.2, 0) is 12.8 Å². The number of nitrogens with zero attached hydrogens (tertiary/aromatic N) is 3. The maximum atomic E-state index is 12.8. The summed E-state index contributed by atoms with van der Waals surface area (Å²) in [5.74, 6) is -0.259. The third-order valence-corrected chi connectivity index (χ3v) is 7.38. The van der Waals surface area contributed by atoms with E-state index in [4.69, 9.17) is 0 Å². The van der Waals surface area contributed by atoms with Gasteiger partial charge in [0.05, 0.1) is 27.0 Å². The number of anilines is 1. The number of nitro groups is 2. The van der Waals surface area contributed by atoms with E-state index in [2.05, 4.69) is 32.2 Å². The number of hydrogen-bond donors (Lipinski definition) is 1. The highest BCUT2D eigenvalue weighted by molar-refractivity contribution is 7.16. The van der Waals surface area contributed by atoms with Crippen molar-refractivity contribution in [1.82, 2.24) is 0 Å². The van der Waals surface area contributed by atoms with Gasteiger partial charge in [-0.05, 0) is 36.2 Å². The first kappa shape index (κ1) is 22.4. The molecule has 10 heteroatoms. The van der Waals surface area contributed by atoms with Crippen molar-refractivity contribution in [3.05, 3.63) is 60.0 Å². The highest BCUT2D eigenvalue weighted by Crippen LogP contribution is 2.45. The number of amides is 1. The Labute approximate surface area is 183 Å². The molecule has 9 nitrogen and oxygen atoms in total. The van der Waals surface area contributed by atoms with Gasteiger partial charge in [0, 0.05) is 17.0 Å². The Balaban J connectivity index is 1.93. The molecule has 0 spiro atoms. The zero-order valence-corrected chi connectivity index (χ0v) is 18.2. The van der Waals surface area contributed by atoms with E-state index >= 15 is 0 Å². The number of nitriles is 1. The van der Waals surface area contributed by atoms with Crippen LogP contribution in [0.25, 0.3) is 0 Å². The predicted molar refractivity (Wildman–Crippen MR) is 116 cm³/mol. The zero-order valence-electron chi connectivity index (χ0n) is 17.4. The van der Waals surface area contributed by atoms with Gasteiger partial charge in [-0.15, -0.1) is 11.3 Å². The molecule has 162 valence electrons. The molecule has 1 N–H and O–H groups in total. The lowest BCUT2D eigenvalue weighted by atomic mass is 9.69. The molecule has 0 saturated carbocycles. The van der Waals surface area contributed by atoms with Crippen LogP contribution in [0.1, 0.15) is 60.0 Å². The van der Waals surface area contributed by atoms with Crippen LogP contribution in [0.3, 0.4) is 0 Å². The Morgan fingerprint density at radius 1 is 1.26 bits per heavy atom. The van der Waals surface area contributed by atoms with E-state index in [1.807, 2.05) is 0 Å². The van der Waals surface area contributed by atoms with Gasteiger partial charge in [-0.3, -0.25) is 25.0 Å². The zero-order chi connectivity index (χ0) is 22.9. The van der Waals surface area contributed by atoms with Gasteiger partial charge in [0.2, 0.25) is 0 Å². The first-order valence-electron chi connectivity index (χ1n) is 9.87. The smallest absolute Gasteiger partial charge is 0.277 e. The molecule has 1 aliphatic carbocycles. The first-order valence-corrected chi connectivity index (χ1v) is 10.7. The molecule has 1 unspecified atom stereocenters. The molecule has 1 aromatic carbocycles. The molecule has 2 aromatic rings. The monoisotopic (exact) mass is 442 g/mol. The minimum absolute atomic E-state index is 0.166. The number of rotatable bonds is 6. The van der Waals surface area contributed by atoms with Gasteiger partial charge < -0.3 is 5.32 Å². The maximum absolute atomic E-state index is 12.8. The number of hydrogen-bond acceptors (Lipinski definition) is 7. The van der Waals surface area contributed by atoms with Crippen LogP contribution in [0.2, 0.25) is 0 Å². The van der Waals surface area contributed by atoms with E-state index in [1.165, 1.54) is 11.3 Å². The second-order valence-electron chi connectivity index (χ2n) is 8.31. The molecule has 1 aromatic heterocycles. The normalized spacial score (nSPS) is 15.6. The summed E-state index contributed by atoms with van der Waals surface area (Å²) in [6.07, 6.45) is 3.58. The van der Waals surface area contributed by atoms with Crippen LogP contribution in [0, 0.1) is 42.9 Å². The number of nitro benzene ring substituents is 2. The van der Waals surface area contributed by atoms with E-state index in [1.54, 1.807) is 0 Å². The second-order valence-corrected chi connectivity index (χ2v) is 9.41. The average Bonchev–Trinajstić information content (AvgIpc) is 3.09. The molecule has 0 saturated heterocycles. The number of thiophene rings is 1. The molecule has 1 atom stereocenters. The molecular weight excluding hydrogens is 420 g/mol. The molecule has 0 aliphatic heterocycles. The van der Waals surface area contributed by atoms with Gasteiger partial charge in [-0.1, -0.05) is 27.2 Å². The van der Waals surface area contributed by atoms with Crippen LogP contribution in [-0.4, -0.2) is 15.8 Å². The lowest BCUT2D eigenvalue weighted by Crippen LogP contribution is -2.28. The van der Waals surface area contributed by atoms with Crippen molar-refractivity contribution in [2.75, 3.05) is 5.32 Å². The largest absolute Gasteiger partial charge is 0.312 e. The predicted octanol–water partition coefficient (Wildman–Crippen LogP) is 5.23. The number of carbonyl (C=O) groups is 1. The fraction of sp³-hybridized carbons (Fsp3) is 0.429. The molecule has 0 bridgehead atoms. The van der Waals surface area contributed by atoms with Crippen LogP contribution in [0.4, 0.5) is 16.4 Å². The quantitative estimate of drug-likeness (QED) is 0.480. The summed E-state index contributed by atoms with van der Waals surface area (Å²) >= 11 is 1.34. The van der Waals surface area contributed by atoms with Crippen LogP contribution in [0.5, 0.6) is 0 Å². The van der Waals surface area contributed by atoms with Crippen molar-refractivity contribution in [2.24, 2.45) is 11.3 Å². The van der Waals surface area contributed by atoms with Crippen LogP contribution >= 0.6 is 11.3 Å². The van der Waals surface area contributed by atoms with Crippen molar-refractivity contribution < 1.29 is 14.6 Å². The Bertz CT molecular complexity index is 1080. The lowest BCUT2D eigenvalue weighted by molar-refractivity contribution is -0.394.